The summed E-state index contributed by atoms with van der Waals surface area (Å²) in [7, 11) is 0. The van der Waals surface area contributed by atoms with Crippen LogP contribution in [-0.2, 0) is 10.2 Å². The lowest BCUT2D eigenvalue weighted by Crippen LogP contribution is -2.62. The minimum absolute atomic E-state index is 0.147. The van der Waals surface area contributed by atoms with Crippen molar-refractivity contribution in [1.29, 1.82) is 0 Å². The van der Waals surface area contributed by atoms with Gasteiger partial charge in [0.1, 0.15) is 0 Å². The molecule has 0 heterocycles. The summed E-state index contributed by atoms with van der Waals surface area (Å²) in [6.07, 6.45) is 13.2. The summed E-state index contributed by atoms with van der Waals surface area (Å²) < 4.78 is 0. The predicted octanol–water partition coefficient (Wildman–Crippen LogP) is 5.30. The molecule has 4 heteroatoms. The fourth-order valence-electron chi connectivity index (χ4n) is 8.04. The molecule has 3 bridgehead atoms. The van der Waals surface area contributed by atoms with E-state index in [0.29, 0.717) is 29.8 Å². The molecule has 2 unspecified atom stereocenters. The molecule has 0 aromatic heterocycles. The lowest BCUT2D eigenvalue weighted by molar-refractivity contribution is -0.156. The summed E-state index contributed by atoms with van der Waals surface area (Å²) >= 11 is 6.35. The summed E-state index contributed by atoms with van der Waals surface area (Å²) in [4.78, 5) is 13.9. The maximum atomic E-state index is 13.9. The van der Waals surface area contributed by atoms with Crippen LogP contribution in [0.3, 0.4) is 0 Å². The molecule has 1 aromatic carbocycles. The number of amides is 1. The van der Waals surface area contributed by atoms with Gasteiger partial charge in [0.05, 0.1) is 5.41 Å². The molecule has 3 nitrogen and oxygen atoms in total. The van der Waals surface area contributed by atoms with Gasteiger partial charge >= 0.3 is 0 Å². The molecular formula is C26H37ClN2O. The van der Waals surface area contributed by atoms with Crippen molar-refractivity contribution in [3.63, 3.8) is 0 Å². The van der Waals surface area contributed by atoms with E-state index >= 15 is 0 Å². The Bertz CT molecular complexity index is 776. The van der Waals surface area contributed by atoms with Crippen LogP contribution in [-0.4, -0.2) is 23.9 Å². The second-order valence-electron chi connectivity index (χ2n) is 11.1. The summed E-state index contributed by atoms with van der Waals surface area (Å²) in [6, 6.07) is 11.8. The van der Waals surface area contributed by atoms with Crippen molar-refractivity contribution in [2.75, 3.05) is 5.88 Å². The van der Waals surface area contributed by atoms with E-state index in [4.69, 9.17) is 17.3 Å². The van der Waals surface area contributed by atoms with Crippen molar-refractivity contribution in [1.82, 2.24) is 5.32 Å². The summed E-state index contributed by atoms with van der Waals surface area (Å²) in [5, 5.41) is 3.52. The number of fused-ring (bicyclic) bond motifs is 2. The van der Waals surface area contributed by atoms with Crippen molar-refractivity contribution < 1.29 is 4.79 Å². The largest absolute Gasteiger partial charge is 0.353 e. The van der Waals surface area contributed by atoms with Gasteiger partial charge in [0.2, 0.25) is 5.91 Å². The lowest BCUT2D eigenvalue weighted by atomic mass is 9.38. The SMILES string of the molecule is NC1CCC(NC(=O)C23CCC4CC[C@@](CCCl)(C2)C[C@@]4(c2ccccc2)C3)CC1. The van der Waals surface area contributed by atoms with Gasteiger partial charge in [-0.3, -0.25) is 4.79 Å². The quantitative estimate of drug-likeness (QED) is 0.625. The molecule has 4 fully saturated rings. The Balaban J connectivity index is 1.48. The topological polar surface area (TPSA) is 55.1 Å². The number of hydrogen-bond donors (Lipinski definition) is 2. The highest BCUT2D eigenvalue weighted by atomic mass is 35.5. The van der Waals surface area contributed by atoms with Gasteiger partial charge in [0, 0.05) is 18.0 Å². The zero-order valence-electron chi connectivity index (χ0n) is 18.2. The molecule has 1 amide bonds. The summed E-state index contributed by atoms with van der Waals surface area (Å²) in [5.41, 5.74) is 7.71. The second-order valence-corrected chi connectivity index (χ2v) is 11.5. The number of halogens is 1. The van der Waals surface area contributed by atoms with E-state index in [2.05, 4.69) is 35.6 Å². The van der Waals surface area contributed by atoms with Crippen molar-refractivity contribution in [3.8, 4) is 0 Å². The van der Waals surface area contributed by atoms with Gasteiger partial charge in [-0.2, -0.15) is 0 Å². The maximum Gasteiger partial charge on any atom is 0.226 e. The minimum atomic E-state index is -0.226. The van der Waals surface area contributed by atoms with E-state index < -0.39 is 0 Å². The fraction of sp³-hybridized carbons (Fsp3) is 0.731. The Kier molecular flexibility index (Phi) is 5.42. The van der Waals surface area contributed by atoms with Crippen LogP contribution < -0.4 is 11.1 Å². The molecule has 3 N–H and O–H groups in total. The van der Waals surface area contributed by atoms with Crippen molar-refractivity contribution in [3.05, 3.63) is 35.9 Å². The number of hydrogen-bond acceptors (Lipinski definition) is 2. The molecule has 5 rings (SSSR count). The zero-order chi connectivity index (χ0) is 20.8. The number of carbonyl (C=O) groups excluding carboxylic acids is 1. The molecule has 164 valence electrons. The molecule has 4 aliphatic rings. The molecule has 0 spiro atoms. The third-order valence-electron chi connectivity index (χ3n) is 9.40. The Morgan fingerprint density at radius 3 is 2.47 bits per heavy atom. The van der Waals surface area contributed by atoms with E-state index in [1.807, 2.05) is 0 Å². The molecule has 4 saturated carbocycles. The van der Waals surface area contributed by atoms with Crippen LogP contribution in [0.5, 0.6) is 0 Å². The Labute approximate surface area is 186 Å². The maximum absolute atomic E-state index is 13.9. The van der Waals surface area contributed by atoms with E-state index in [1.165, 1.54) is 31.2 Å². The number of alkyl halides is 1. The van der Waals surface area contributed by atoms with E-state index in [-0.39, 0.29) is 16.2 Å². The van der Waals surface area contributed by atoms with Crippen molar-refractivity contribution >= 4 is 17.5 Å². The van der Waals surface area contributed by atoms with E-state index in [0.717, 1.165) is 51.4 Å². The molecule has 4 atom stereocenters. The minimum Gasteiger partial charge on any atom is -0.353 e. The van der Waals surface area contributed by atoms with E-state index in [1.54, 1.807) is 0 Å². The average Bonchev–Trinajstić information content (AvgIpc) is 2.75. The average molecular weight is 429 g/mol. The van der Waals surface area contributed by atoms with Crippen LogP contribution in [0.25, 0.3) is 0 Å². The highest BCUT2D eigenvalue weighted by Gasteiger charge is 2.64. The number of carbonyl (C=O) groups is 1. The first-order valence-electron chi connectivity index (χ1n) is 12.2. The van der Waals surface area contributed by atoms with Gasteiger partial charge in [-0.25, -0.2) is 0 Å². The third kappa shape index (κ3) is 3.41. The lowest BCUT2D eigenvalue weighted by Gasteiger charge is -2.65. The second kappa shape index (κ2) is 7.81. The standard InChI is InChI=1S/C26H37ClN2O/c27-15-14-24-12-10-20-11-13-25(16-24,23(30)29-22-8-6-21(28)7-9-22)18-26(20,17-24)19-4-2-1-3-5-19/h1-5,20-22H,6-18,28H2,(H,29,30)/t20?,21?,22?,24-,25?,26+/m1/s1. The Morgan fingerprint density at radius 2 is 1.73 bits per heavy atom. The smallest absolute Gasteiger partial charge is 0.226 e. The van der Waals surface area contributed by atoms with Gasteiger partial charge in [-0.1, -0.05) is 30.3 Å². The van der Waals surface area contributed by atoms with Crippen molar-refractivity contribution in [2.24, 2.45) is 22.5 Å². The number of rotatable bonds is 5. The summed E-state index contributed by atoms with van der Waals surface area (Å²) in [5.74, 6) is 1.74. The molecule has 4 aliphatic carbocycles. The van der Waals surface area contributed by atoms with Crippen molar-refractivity contribution in [2.45, 2.75) is 94.5 Å². The third-order valence-corrected chi connectivity index (χ3v) is 9.58. The van der Waals surface area contributed by atoms with Gasteiger partial charge < -0.3 is 11.1 Å². The first kappa shape index (κ1) is 20.8. The van der Waals surface area contributed by atoms with Crippen LogP contribution in [0, 0.1) is 16.7 Å². The highest BCUT2D eigenvalue weighted by molar-refractivity contribution is 6.17. The molecule has 30 heavy (non-hydrogen) atoms. The normalized spacial score (nSPS) is 42.7. The number of nitrogens with one attached hydrogen (secondary N) is 1. The van der Waals surface area contributed by atoms with Crippen LogP contribution >= 0.6 is 11.6 Å². The fourth-order valence-corrected chi connectivity index (χ4v) is 8.44. The summed E-state index contributed by atoms with van der Waals surface area (Å²) in [6.45, 7) is 0. The van der Waals surface area contributed by atoms with Gasteiger partial charge in [-0.05, 0) is 99.4 Å². The van der Waals surface area contributed by atoms with Crippen LogP contribution in [0.2, 0.25) is 0 Å². The van der Waals surface area contributed by atoms with Gasteiger partial charge in [0.25, 0.3) is 0 Å². The van der Waals surface area contributed by atoms with E-state index in [9.17, 15) is 4.79 Å². The monoisotopic (exact) mass is 428 g/mol. The Morgan fingerprint density at radius 1 is 1.00 bits per heavy atom. The molecule has 0 radical (unpaired) electrons. The van der Waals surface area contributed by atoms with Gasteiger partial charge in [-0.15, -0.1) is 11.6 Å². The first-order valence-corrected chi connectivity index (χ1v) is 12.7. The number of benzene rings is 1. The van der Waals surface area contributed by atoms with Gasteiger partial charge in [0.15, 0.2) is 0 Å². The van der Waals surface area contributed by atoms with Crippen LogP contribution in [0.1, 0.15) is 82.6 Å². The highest BCUT2D eigenvalue weighted by Crippen LogP contribution is 2.69. The number of nitrogens with two attached hydrogens (primary N) is 1. The Hall–Kier alpha value is -1.06. The molecular weight excluding hydrogens is 392 g/mol. The molecule has 0 saturated heterocycles. The molecule has 1 aromatic rings. The van der Waals surface area contributed by atoms with Crippen LogP contribution in [0.15, 0.2) is 30.3 Å². The zero-order valence-corrected chi connectivity index (χ0v) is 18.9. The predicted molar refractivity (Wildman–Crippen MR) is 123 cm³/mol. The first-order chi connectivity index (χ1) is 14.5. The van der Waals surface area contributed by atoms with Crippen LogP contribution in [0.4, 0.5) is 0 Å². The molecule has 0 aliphatic heterocycles.